The Labute approximate surface area is 197 Å². The molecule has 5 nitrogen and oxygen atoms in total. The molecule has 4 rings (SSSR count). The lowest BCUT2D eigenvalue weighted by Gasteiger charge is -2.25. The van der Waals surface area contributed by atoms with E-state index in [0.717, 1.165) is 41.3 Å². The van der Waals surface area contributed by atoms with Gasteiger partial charge >= 0.3 is 6.18 Å². The molecule has 1 unspecified atom stereocenters. The molecule has 1 heterocycles. The Bertz CT molecular complexity index is 1300. The van der Waals surface area contributed by atoms with Crippen molar-refractivity contribution in [1.82, 2.24) is 0 Å². The molecule has 0 aliphatic carbocycles. The number of aliphatic hydroxyl groups excluding tert-OH is 1. The third-order valence-electron chi connectivity index (χ3n) is 5.52. The van der Waals surface area contributed by atoms with Crippen LogP contribution in [0.1, 0.15) is 29.7 Å². The first-order valence-corrected chi connectivity index (χ1v) is 10.6. The molecule has 9 heteroatoms. The molecule has 35 heavy (non-hydrogen) atoms. The minimum absolute atomic E-state index is 0.0107. The number of ether oxygens (including phenoxy) is 1. The highest BCUT2D eigenvalue weighted by molar-refractivity contribution is 6.51. The number of nitrogens with zero attached hydrogens (tertiary/aromatic N) is 1. The van der Waals surface area contributed by atoms with Gasteiger partial charge in [-0.05, 0) is 61.0 Å². The lowest BCUT2D eigenvalue weighted by atomic mass is 9.95. The van der Waals surface area contributed by atoms with Crippen LogP contribution >= 0.6 is 0 Å². The van der Waals surface area contributed by atoms with Gasteiger partial charge in [0.1, 0.15) is 17.3 Å². The molecule has 1 aliphatic heterocycles. The number of aliphatic hydroxyl groups is 1. The van der Waals surface area contributed by atoms with E-state index in [1.807, 2.05) is 0 Å². The predicted octanol–water partition coefficient (Wildman–Crippen LogP) is 5.87. The molecule has 1 N–H and O–H groups in total. The molecule has 1 saturated heterocycles. The van der Waals surface area contributed by atoms with Crippen LogP contribution in [0.3, 0.4) is 0 Å². The second-order valence-electron chi connectivity index (χ2n) is 7.73. The van der Waals surface area contributed by atoms with Crippen LogP contribution in [-0.4, -0.2) is 23.4 Å². The van der Waals surface area contributed by atoms with E-state index in [2.05, 4.69) is 0 Å². The summed E-state index contributed by atoms with van der Waals surface area (Å²) >= 11 is 0. The van der Waals surface area contributed by atoms with Crippen LogP contribution in [0.5, 0.6) is 5.75 Å². The number of anilines is 1. The smallest absolute Gasteiger partial charge is 0.416 e. The molecular formula is C26H19F4NO4. The van der Waals surface area contributed by atoms with Crippen molar-refractivity contribution in [3.63, 3.8) is 0 Å². The first-order chi connectivity index (χ1) is 16.6. The number of benzene rings is 3. The predicted molar refractivity (Wildman–Crippen MR) is 120 cm³/mol. The summed E-state index contributed by atoms with van der Waals surface area (Å²) < 4.78 is 58.2. The molecule has 3 aromatic rings. The fourth-order valence-electron chi connectivity index (χ4n) is 3.93. The first-order valence-electron chi connectivity index (χ1n) is 10.6. The number of carbonyl (C=O) groups is 2. The maximum Gasteiger partial charge on any atom is 0.416 e. The van der Waals surface area contributed by atoms with Crippen LogP contribution in [0.2, 0.25) is 0 Å². The molecule has 1 fully saturated rings. The van der Waals surface area contributed by atoms with Crippen molar-refractivity contribution in [2.75, 3.05) is 11.5 Å². The van der Waals surface area contributed by atoms with Crippen LogP contribution in [0.4, 0.5) is 23.2 Å². The summed E-state index contributed by atoms with van der Waals surface area (Å²) in [6.07, 6.45) is -4.59. The molecule has 3 aromatic carbocycles. The van der Waals surface area contributed by atoms with E-state index in [1.54, 1.807) is 19.1 Å². The zero-order valence-corrected chi connectivity index (χ0v) is 18.3. The Morgan fingerprint density at radius 3 is 2.26 bits per heavy atom. The monoisotopic (exact) mass is 485 g/mol. The van der Waals surface area contributed by atoms with Gasteiger partial charge in [0.2, 0.25) is 0 Å². The number of ketones is 1. The minimum Gasteiger partial charge on any atom is -0.507 e. The molecule has 0 saturated carbocycles. The van der Waals surface area contributed by atoms with Gasteiger partial charge in [-0.2, -0.15) is 13.2 Å². The Morgan fingerprint density at radius 1 is 1.00 bits per heavy atom. The minimum atomic E-state index is -4.59. The fraction of sp³-hybridized carbons (Fsp3) is 0.154. The second-order valence-corrected chi connectivity index (χ2v) is 7.73. The van der Waals surface area contributed by atoms with Gasteiger partial charge in [0.25, 0.3) is 11.7 Å². The summed E-state index contributed by atoms with van der Waals surface area (Å²) in [6.45, 7) is 2.13. The van der Waals surface area contributed by atoms with E-state index in [4.69, 9.17) is 4.74 Å². The number of halogens is 4. The quantitative estimate of drug-likeness (QED) is 0.213. The molecule has 180 valence electrons. The van der Waals surface area contributed by atoms with Gasteiger partial charge in [-0.1, -0.05) is 24.3 Å². The van der Waals surface area contributed by atoms with Crippen molar-refractivity contribution in [2.45, 2.75) is 19.1 Å². The van der Waals surface area contributed by atoms with Gasteiger partial charge in [-0.25, -0.2) is 4.39 Å². The molecule has 1 aliphatic rings. The van der Waals surface area contributed by atoms with Crippen molar-refractivity contribution in [3.8, 4) is 5.75 Å². The molecule has 0 bridgehead atoms. The lowest BCUT2D eigenvalue weighted by Crippen LogP contribution is -2.29. The average molecular weight is 485 g/mol. The highest BCUT2D eigenvalue weighted by Gasteiger charge is 2.47. The second kappa shape index (κ2) is 9.25. The van der Waals surface area contributed by atoms with Crippen molar-refractivity contribution >= 4 is 23.1 Å². The summed E-state index contributed by atoms with van der Waals surface area (Å²) in [5.41, 5.74) is -0.711. The lowest BCUT2D eigenvalue weighted by molar-refractivity contribution is -0.137. The van der Waals surface area contributed by atoms with Crippen molar-refractivity contribution in [3.05, 3.63) is 101 Å². The zero-order chi connectivity index (χ0) is 25.3. The molecule has 0 aromatic heterocycles. The fourth-order valence-corrected chi connectivity index (χ4v) is 3.93. The van der Waals surface area contributed by atoms with E-state index < -0.39 is 41.0 Å². The van der Waals surface area contributed by atoms with Crippen LogP contribution in [0.15, 0.2) is 78.4 Å². The SMILES string of the molecule is CCOc1cccc(/C(O)=C2\C(=O)C(=O)N(c3ccc(C(F)(F)F)cc3)C2c2ccc(F)cc2)c1. The Morgan fingerprint density at radius 2 is 1.66 bits per heavy atom. The van der Waals surface area contributed by atoms with Gasteiger partial charge in [0, 0.05) is 11.3 Å². The van der Waals surface area contributed by atoms with E-state index in [0.29, 0.717) is 12.4 Å². The topological polar surface area (TPSA) is 66.8 Å². The summed E-state index contributed by atoms with van der Waals surface area (Å²) in [5.74, 6) is -2.70. The summed E-state index contributed by atoms with van der Waals surface area (Å²) in [6, 6.07) is 13.7. The average Bonchev–Trinajstić information content (AvgIpc) is 3.09. The maximum absolute atomic E-state index is 13.6. The van der Waals surface area contributed by atoms with Gasteiger partial charge in [0.15, 0.2) is 0 Å². The van der Waals surface area contributed by atoms with Crippen LogP contribution in [0, 0.1) is 5.82 Å². The highest BCUT2D eigenvalue weighted by Crippen LogP contribution is 2.43. The number of hydrogen-bond donors (Lipinski definition) is 1. The summed E-state index contributed by atoms with van der Waals surface area (Å²) in [7, 11) is 0. The van der Waals surface area contributed by atoms with Gasteiger partial charge < -0.3 is 9.84 Å². The molecule has 1 amide bonds. The number of Topliss-reactive ketones (excluding diaryl/α,β-unsaturated/α-hetero) is 1. The van der Waals surface area contributed by atoms with E-state index in [-0.39, 0.29) is 22.4 Å². The largest absolute Gasteiger partial charge is 0.507 e. The van der Waals surface area contributed by atoms with Crippen molar-refractivity contribution < 1.29 is 37.0 Å². The van der Waals surface area contributed by atoms with E-state index in [9.17, 15) is 32.3 Å². The van der Waals surface area contributed by atoms with Crippen LogP contribution in [-0.2, 0) is 15.8 Å². The van der Waals surface area contributed by atoms with Crippen molar-refractivity contribution in [1.29, 1.82) is 0 Å². The van der Waals surface area contributed by atoms with Gasteiger partial charge in [-0.3, -0.25) is 14.5 Å². The Hall–Kier alpha value is -4.14. The maximum atomic E-state index is 13.6. The third-order valence-corrected chi connectivity index (χ3v) is 5.52. The Kier molecular flexibility index (Phi) is 6.34. The van der Waals surface area contributed by atoms with Gasteiger partial charge in [-0.15, -0.1) is 0 Å². The third kappa shape index (κ3) is 4.62. The van der Waals surface area contributed by atoms with Gasteiger partial charge in [0.05, 0.1) is 23.8 Å². The van der Waals surface area contributed by atoms with Crippen molar-refractivity contribution in [2.24, 2.45) is 0 Å². The number of hydrogen-bond acceptors (Lipinski definition) is 4. The normalized spacial score (nSPS) is 17.6. The number of amides is 1. The Balaban J connectivity index is 1.89. The molecular weight excluding hydrogens is 466 g/mol. The van der Waals surface area contributed by atoms with Crippen LogP contribution in [0.25, 0.3) is 5.76 Å². The first kappa shape index (κ1) is 24.0. The number of alkyl halides is 3. The number of carbonyl (C=O) groups excluding carboxylic acids is 2. The highest BCUT2D eigenvalue weighted by atomic mass is 19.4. The molecule has 1 atom stereocenters. The van der Waals surface area contributed by atoms with E-state index >= 15 is 0 Å². The van der Waals surface area contributed by atoms with E-state index in [1.165, 1.54) is 24.3 Å². The zero-order valence-electron chi connectivity index (χ0n) is 18.3. The summed E-state index contributed by atoms with van der Waals surface area (Å²) in [4.78, 5) is 27.2. The molecule has 0 radical (unpaired) electrons. The molecule has 0 spiro atoms. The summed E-state index contributed by atoms with van der Waals surface area (Å²) in [5, 5.41) is 11.1. The standard InChI is InChI=1S/C26H19F4NO4/c1-2-35-20-5-3-4-16(14-20)23(32)21-22(15-6-10-18(27)11-7-15)31(25(34)24(21)33)19-12-8-17(9-13-19)26(28,29)30/h3-14,22,32H,2H2,1H3/b23-21+. The number of rotatable bonds is 5. The van der Waals surface area contributed by atoms with Crippen LogP contribution < -0.4 is 9.64 Å².